The number of halogens is 1. The van der Waals surface area contributed by atoms with Gasteiger partial charge in [-0.2, -0.15) is 9.97 Å². The molecule has 0 saturated carbocycles. The number of aromatic nitrogens is 4. The van der Waals surface area contributed by atoms with Crippen LogP contribution in [0.2, 0.25) is 0 Å². The van der Waals surface area contributed by atoms with E-state index in [-0.39, 0.29) is 42.8 Å². The van der Waals surface area contributed by atoms with E-state index in [1.54, 1.807) is 25.3 Å². The van der Waals surface area contributed by atoms with E-state index in [1.165, 1.54) is 6.33 Å². The Kier molecular flexibility index (Phi) is 8.04. The van der Waals surface area contributed by atoms with Crippen LogP contribution in [0.1, 0.15) is 47.8 Å². The van der Waals surface area contributed by atoms with Gasteiger partial charge in [-0.15, -0.1) is 11.6 Å². The van der Waals surface area contributed by atoms with Gasteiger partial charge in [0.2, 0.25) is 11.8 Å². The summed E-state index contributed by atoms with van der Waals surface area (Å²) in [5.74, 6) is -0.397. The largest absolute Gasteiger partial charge is 0.476 e. The summed E-state index contributed by atoms with van der Waals surface area (Å²) in [6.07, 6.45) is -0.711. The van der Waals surface area contributed by atoms with Gasteiger partial charge in [0.25, 0.3) is 0 Å². The summed E-state index contributed by atoms with van der Waals surface area (Å²) in [6.45, 7) is 11.2. The Morgan fingerprint density at radius 2 is 2.11 bits per heavy atom. The van der Waals surface area contributed by atoms with Crippen molar-refractivity contribution in [1.82, 2.24) is 24.6 Å². The molecule has 13 nitrogen and oxygen atoms in total. The number of nitrogens with zero attached hydrogens (tertiary/aromatic N) is 4. The average Bonchev–Trinajstić information content (AvgIpc) is 3.34. The highest BCUT2D eigenvalue weighted by Gasteiger charge is 2.60. The third-order valence-corrected chi connectivity index (χ3v) is 8.33. The summed E-state index contributed by atoms with van der Waals surface area (Å²) >= 11 is 7.03. The van der Waals surface area contributed by atoms with Crippen molar-refractivity contribution in [2.45, 2.75) is 70.9 Å². The maximum Gasteiger partial charge on any atom is 0.406 e. The minimum absolute atomic E-state index is 0.00979. The zero-order valence-electron chi connectivity index (χ0n) is 21.7. The van der Waals surface area contributed by atoms with Crippen molar-refractivity contribution in [2.24, 2.45) is 11.8 Å². The molecule has 2 aliphatic rings. The first-order valence-corrected chi connectivity index (χ1v) is 14.1. The molecule has 4 heterocycles. The SMILES string of the molecule is CCOc1nc(N)nc2c1ncn2[C@@H]1O[C@@H]2CO[P@](=O)(N[C@H](COC(=O)C(C)C)C(C)C)OC2[C@@]1(C)Cl. The van der Waals surface area contributed by atoms with Gasteiger partial charge < -0.3 is 19.9 Å². The van der Waals surface area contributed by atoms with E-state index < -0.39 is 37.1 Å². The van der Waals surface area contributed by atoms with Crippen LogP contribution in [0, 0.1) is 11.8 Å². The fraction of sp³-hybridized carbons (Fsp3) is 0.727. The monoisotopic (exact) mass is 560 g/mol. The minimum atomic E-state index is -3.83. The first-order valence-electron chi connectivity index (χ1n) is 12.2. The first-order chi connectivity index (χ1) is 17.4. The Balaban J connectivity index is 1.55. The van der Waals surface area contributed by atoms with Gasteiger partial charge in [-0.3, -0.25) is 18.4 Å². The lowest BCUT2D eigenvalue weighted by Gasteiger charge is -2.37. The summed E-state index contributed by atoms with van der Waals surface area (Å²) in [5, 5.41) is 2.93. The molecule has 2 aromatic rings. The number of nitrogen functional groups attached to an aromatic ring is 1. The molecular weight excluding hydrogens is 527 g/mol. The number of hydrogen-bond donors (Lipinski definition) is 2. The highest BCUT2D eigenvalue weighted by molar-refractivity contribution is 7.51. The van der Waals surface area contributed by atoms with Crippen molar-refractivity contribution in [3.8, 4) is 5.88 Å². The van der Waals surface area contributed by atoms with Gasteiger partial charge in [0.1, 0.15) is 23.7 Å². The number of nitrogens with two attached hydrogens (primary N) is 1. The number of carbonyl (C=O) groups is 1. The first kappa shape index (κ1) is 28.0. The van der Waals surface area contributed by atoms with Crippen molar-refractivity contribution < 1.29 is 32.6 Å². The Bertz CT molecular complexity index is 1190. The van der Waals surface area contributed by atoms with E-state index >= 15 is 0 Å². The Labute approximate surface area is 220 Å². The number of nitrogens with one attached hydrogen (secondary N) is 1. The van der Waals surface area contributed by atoms with Crippen LogP contribution in [0.3, 0.4) is 0 Å². The molecule has 0 bridgehead atoms. The highest BCUT2D eigenvalue weighted by atomic mass is 35.5. The molecule has 2 saturated heterocycles. The van der Waals surface area contributed by atoms with Crippen LogP contribution in [0.15, 0.2) is 6.33 Å². The van der Waals surface area contributed by atoms with E-state index in [2.05, 4.69) is 20.0 Å². The molecule has 15 heteroatoms. The number of rotatable bonds is 9. The number of imidazole rings is 1. The second kappa shape index (κ2) is 10.6. The predicted octanol–water partition coefficient (Wildman–Crippen LogP) is 3.04. The number of esters is 1. The molecule has 206 valence electrons. The summed E-state index contributed by atoms with van der Waals surface area (Å²) in [4.78, 5) is 23.6. The third kappa shape index (κ3) is 5.57. The van der Waals surface area contributed by atoms with Crippen LogP contribution >= 0.6 is 19.3 Å². The molecule has 4 rings (SSSR count). The number of carbonyl (C=O) groups excluding carboxylic acids is 1. The summed E-state index contributed by atoms with van der Waals surface area (Å²) in [7, 11) is -3.83. The second-order valence-corrected chi connectivity index (χ2v) is 12.4. The van der Waals surface area contributed by atoms with Crippen LogP contribution in [0.4, 0.5) is 5.95 Å². The smallest absolute Gasteiger partial charge is 0.406 e. The van der Waals surface area contributed by atoms with E-state index in [0.29, 0.717) is 17.8 Å². The van der Waals surface area contributed by atoms with Gasteiger partial charge in [0.15, 0.2) is 17.4 Å². The normalized spacial score (nSPS) is 30.6. The standard InChI is InChI=1S/C22H34ClN6O7P/c1-7-32-18-15-17(26-21(24)27-18)29(10-25-15)20-22(6,23)16-14(35-20)9-34-37(31,36-16)28-13(11(2)3)8-33-19(30)12(4)5/h10-14,16,20H,7-9H2,1-6H3,(H,28,31)(H2,24,26,27)/t13-,14-,16?,20-,22-,37-/m1/s1. The van der Waals surface area contributed by atoms with Gasteiger partial charge in [-0.25, -0.2) is 14.6 Å². The molecule has 0 amide bonds. The van der Waals surface area contributed by atoms with Crippen molar-refractivity contribution >= 4 is 42.4 Å². The third-order valence-electron chi connectivity index (χ3n) is 6.29. The molecule has 0 radical (unpaired) electrons. The molecule has 2 aromatic heterocycles. The molecular formula is C22H34ClN6O7P. The number of ether oxygens (including phenoxy) is 3. The maximum atomic E-state index is 13.6. The lowest BCUT2D eigenvalue weighted by molar-refractivity contribution is -0.148. The lowest BCUT2D eigenvalue weighted by Crippen LogP contribution is -2.47. The second-order valence-electron chi connectivity index (χ2n) is 9.91. The van der Waals surface area contributed by atoms with Crippen molar-refractivity contribution in [3.63, 3.8) is 0 Å². The zero-order valence-corrected chi connectivity index (χ0v) is 23.4. The van der Waals surface area contributed by atoms with E-state index in [0.717, 1.165) is 0 Å². The van der Waals surface area contributed by atoms with Crippen LogP contribution < -0.4 is 15.6 Å². The van der Waals surface area contributed by atoms with Crippen LogP contribution in [-0.4, -0.2) is 68.4 Å². The van der Waals surface area contributed by atoms with Crippen molar-refractivity contribution in [3.05, 3.63) is 6.33 Å². The highest BCUT2D eigenvalue weighted by Crippen LogP contribution is 2.58. The molecule has 2 fully saturated rings. The molecule has 3 N–H and O–H groups in total. The number of hydrogen-bond acceptors (Lipinski definition) is 11. The molecule has 0 aromatic carbocycles. The van der Waals surface area contributed by atoms with Gasteiger partial charge in [0, 0.05) is 0 Å². The molecule has 2 aliphatic heterocycles. The van der Waals surface area contributed by atoms with Crippen LogP contribution in [0.5, 0.6) is 5.88 Å². The predicted molar refractivity (Wildman–Crippen MR) is 135 cm³/mol. The van der Waals surface area contributed by atoms with Gasteiger partial charge in [-0.05, 0) is 19.8 Å². The topological polar surface area (TPSA) is 162 Å². The minimum Gasteiger partial charge on any atom is -0.476 e. The summed E-state index contributed by atoms with van der Waals surface area (Å²) in [5.41, 5.74) is 6.67. The lowest BCUT2D eigenvalue weighted by atomic mass is 10.0. The molecule has 1 unspecified atom stereocenters. The molecule has 0 spiro atoms. The van der Waals surface area contributed by atoms with E-state index in [4.69, 9.17) is 40.6 Å². The zero-order chi connectivity index (χ0) is 27.1. The van der Waals surface area contributed by atoms with Gasteiger partial charge in [0.05, 0.1) is 31.5 Å². The van der Waals surface area contributed by atoms with Crippen molar-refractivity contribution in [2.75, 3.05) is 25.6 Å². The Hall–Kier alpha value is -2.02. The average molecular weight is 561 g/mol. The van der Waals surface area contributed by atoms with Gasteiger partial charge in [-0.1, -0.05) is 27.7 Å². The van der Waals surface area contributed by atoms with Crippen LogP contribution in [-0.2, 0) is 27.9 Å². The van der Waals surface area contributed by atoms with Gasteiger partial charge >= 0.3 is 13.7 Å². The Morgan fingerprint density at radius 1 is 1.38 bits per heavy atom. The van der Waals surface area contributed by atoms with Crippen LogP contribution in [0.25, 0.3) is 11.2 Å². The quantitative estimate of drug-likeness (QED) is 0.262. The Morgan fingerprint density at radius 3 is 2.76 bits per heavy atom. The maximum absolute atomic E-state index is 13.6. The molecule has 37 heavy (non-hydrogen) atoms. The van der Waals surface area contributed by atoms with E-state index in [1.807, 2.05) is 20.8 Å². The fourth-order valence-corrected chi connectivity index (χ4v) is 6.54. The number of alkyl halides is 1. The molecule has 6 atom stereocenters. The molecule has 0 aliphatic carbocycles. The summed E-state index contributed by atoms with van der Waals surface area (Å²) < 4.78 is 44.0. The number of fused-ring (bicyclic) bond motifs is 2. The fourth-order valence-electron chi connectivity index (χ4n) is 4.16. The number of anilines is 1. The van der Waals surface area contributed by atoms with E-state index in [9.17, 15) is 9.36 Å². The summed E-state index contributed by atoms with van der Waals surface area (Å²) in [6, 6.07) is -0.473. The van der Waals surface area contributed by atoms with Crippen molar-refractivity contribution in [1.29, 1.82) is 0 Å².